The van der Waals surface area contributed by atoms with Crippen LogP contribution in [0.2, 0.25) is 0 Å². The number of benzene rings is 1. The van der Waals surface area contributed by atoms with E-state index < -0.39 is 11.2 Å². The fourth-order valence-corrected chi connectivity index (χ4v) is 2.67. The summed E-state index contributed by atoms with van der Waals surface area (Å²) in [6.07, 6.45) is 1.71. The molecule has 2 heterocycles. The molecule has 0 atom stereocenters. The van der Waals surface area contributed by atoms with Crippen LogP contribution in [-0.2, 0) is 14.1 Å². The second-order valence-corrected chi connectivity index (χ2v) is 5.93. The molecule has 0 aliphatic carbocycles. The van der Waals surface area contributed by atoms with Gasteiger partial charge in [-0.15, -0.1) is 0 Å². The van der Waals surface area contributed by atoms with E-state index in [1.807, 2.05) is 18.2 Å². The highest BCUT2D eigenvalue weighted by Crippen LogP contribution is 2.32. The number of aryl methyl sites for hydroxylation is 1. The summed E-state index contributed by atoms with van der Waals surface area (Å²) >= 11 is 3.42. The Balaban J connectivity index is 2.38. The molecule has 23 heavy (non-hydrogen) atoms. The van der Waals surface area contributed by atoms with Gasteiger partial charge in [0.2, 0.25) is 0 Å². The second-order valence-electron chi connectivity index (χ2n) is 5.01. The van der Waals surface area contributed by atoms with Crippen molar-refractivity contribution in [1.82, 2.24) is 19.1 Å². The molecule has 0 fully saturated rings. The van der Waals surface area contributed by atoms with Crippen molar-refractivity contribution in [2.24, 2.45) is 14.1 Å². The Morgan fingerprint density at radius 3 is 2.61 bits per heavy atom. The van der Waals surface area contributed by atoms with Crippen LogP contribution in [0.4, 0.5) is 0 Å². The summed E-state index contributed by atoms with van der Waals surface area (Å²) in [6.45, 7) is 0. The number of hydrogen-bond acceptors (Lipinski definition) is 5. The first-order valence-corrected chi connectivity index (χ1v) is 7.50. The van der Waals surface area contributed by atoms with E-state index in [4.69, 9.17) is 4.74 Å². The highest BCUT2D eigenvalue weighted by molar-refractivity contribution is 9.10. The topological polar surface area (TPSA) is 79.0 Å². The zero-order valence-electron chi connectivity index (χ0n) is 12.7. The molecule has 0 unspecified atom stereocenters. The maximum atomic E-state index is 12.3. The zero-order valence-corrected chi connectivity index (χ0v) is 14.3. The van der Waals surface area contributed by atoms with Crippen molar-refractivity contribution in [3.63, 3.8) is 0 Å². The number of halogens is 1. The minimum Gasteiger partial charge on any atom is -0.496 e. The molecular formula is C15H13BrN4O3. The van der Waals surface area contributed by atoms with Crippen molar-refractivity contribution >= 4 is 15.9 Å². The van der Waals surface area contributed by atoms with Crippen LogP contribution < -0.4 is 16.0 Å². The first-order chi connectivity index (χ1) is 10.9. The van der Waals surface area contributed by atoms with Crippen LogP contribution in [0.1, 0.15) is 0 Å². The van der Waals surface area contributed by atoms with E-state index in [-0.39, 0.29) is 11.5 Å². The number of nitrogens with zero attached hydrogens (tertiary/aromatic N) is 4. The highest BCUT2D eigenvalue weighted by Gasteiger charge is 2.19. The maximum absolute atomic E-state index is 12.3. The van der Waals surface area contributed by atoms with Gasteiger partial charge in [0.05, 0.1) is 12.8 Å². The molecule has 0 bridgehead atoms. The average Bonchev–Trinajstić information content (AvgIpc) is 2.53. The molecular weight excluding hydrogens is 364 g/mol. The first kappa shape index (κ1) is 15.4. The highest BCUT2D eigenvalue weighted by atomic mass is 79.9. The third-order valence-corrected chi connectivity index (χ3v) is 4.02. The lowest BCUT2D eigenvalue weighted by Gasteiger charge is -2.14. The van der Waals surface area contributed by atoms with Gasteiger partial charge in [-0.25, -0.2) is 9.78 Å². The number of ether oxygens (including phenoxy) is 1. The lowest BCUT2D eigenvalue weighted by atomic mass is 10.1. The Labute approximate surface area is 139 Å². The second kappa shape index (κ2) is 5.62. The van der Waals surface area contributed by atoms with E-state index in [1.165, 1.54) is 7.05 Å². The Kier molecular flexibility index (Phi) is 3.77. The average molecular weight is 377 g/mol. The van der Waals surface area contributed by atoms with Gasteiger partial charge in [-0.2, -0.15) is 4.98 Å². The lowest BCUT2D eigenvalue weighted by molar-refractivity contribution is 0.416. The van der Waals surface area contributed by atoms with Crippen molar-refractivity contribution < 1.29 is 4.74 Å². The molecule has 118 valence electrons. The first-order valence-electron chi connectivity index (χ1n) is 6.70. The summed E-state index contributed by atoms with van der Waals surface area (Å²) in [7, 11) is 4.66. The van der Waals surface area contributed by atoms with Crippen molar-refractivity contribution in [2.45, 2.75) is 0 Å². The van der Waals surface area contributed by atoms with E-state index in [0.717, 1.165) is 14.6 Å². The lowest BCUT2D eigenvalue weighted by Crippen LogP contribution is -2.36. The number of rotatable bonds is 2. The summed E-state index contributed by atoms with van der Waals surface area (Å²) in [4.78, 5) is 32.3. The molecule has 7 nitrogen and oxygen atoms in total. The van der Waals surface area contributed by atoms with Gasteiger partial charge in [0, 0.05) is 30.3 Å². The molecule has 2 aliphatic heterocycles. The van der Waals surface area contributed by atoms with Crippen LogP contribution in [0.5, 0.6) is 5.75 Å². The molecule has 3 rings (SSSR count). The van der Waals surface area contributed by atoms with Crippen molar-refractivity contribution in [3.05, 3.63) is 49.7 Å². The smallest absolute Gasteiger partial charge is 0.352 e. The third-order valence-electron chi connectivity index (χ3n) is 3.53. The summed E-state index contributed by atoms with van der Waals surface area (Å²) in [6, 6.07) is 5.52. The zero-order chi connectivity index (χ0) is 16.7. The van der Waals surface area contributed by atoms with Gasteiger partial charge in [0.15, 0.2) is 11.5 Å². The van der Waals surface area contributed by atoms with Gasteiger partial charge in [-0.1, -0.05) is 15.9 Å². The van der Waals surface area contributed by atoms with E-state index in [2.05, 4.69) is 25.9 Å². The van der Waals surface area contributed by atoms with Gasteiger partial charge < -0.3 is 9.30 Å². The predicted molar refractivity (Wildman–Crippen MR) is 88.8 cm³/mol. The summed E-state index contributed by atoms with van der Waals surface area (Å²) < 4.78 is 8.77. The monoisotopic (exact) mass is 376 g/mol. The van der Waals surface area contributed by atoms with E-state index in [9.17, 15) is 9.59 Å². The van der Waals surface area contributed by atoms with Crippen LogP contribution in [0.15, 0.2) is 38.5 Å². The quantitative estimate of drug-likeness (QED) is 0.675. The summed E-state index contributed by atoms with van der Waals surface area (Å²) in [5.74, 6) is 0.876. The minimum absolute atomic E-state index is 0.133. The Morgan fingerprint density at radius 2 is 1.91 bits per heavy atom. The maximum Gasteiger partial charge on any atom is 0.352 e. The molecule has 2 aliphatic rings. The van der Waals surface area contributed by atoms with Crippen LogP contribution in [0, 0.1) is 0 Å². The molecule has 0 amide bonds. The molecule has 0 N–H and O–H groups in total. The Hall–Kier alpha value is -2.48. The molecule has 8 heteroatoms. The number of fused-ring (bicyclic) bond motifs is 1. The molecule has 1 aromatic carbocycles. The predicted octanol–water partition coefficient (Wildman–Crippen LogP) is 1.42. The van der Waals surface area contributed by atoms with Crippen molar-refractivity contribution in [3.8, 4) is 28.5 Å². The van der Waals surface area contributed by atoms with E-state index >= 15 is 0 Å². The largest absolute Gasteiger partial charge is 0.496 e. The standard InChI is InChI=1S/C15H13BrN4O3/c1-19-7-10(9-6-8(16)4-5-11(9)23-3)17-12-13(19)18-15(22)20(2)14(12)21/h4-7H,1-3H3. The van der Waals surface area contributed by atoms with Crippen LogP contribution >= 0.6 is 15.9 Å². The van der Waals surface area contributed by atoms with Crippen LogP contribution in [0.25, 0.3) is 22.8 Å². The molecule has 0 aromatic heterocycles. The Morgan fingerprint density at radius 1 is 1.17 bits per heavy atom. The van der Waals surface area contributed by atoms with Gasteiger partial charge in [-0.3, -0.25) is 9.36 Å². The molecule has 0 radical (unpaired) electrons. The van der Waals surface area contributed by atoms with Crippen LogP contribution in [0.3, 0.4) is 0 Å². The minimum atomic E-state index is -0.604. The molecule has 0 saturated heterocycles. The van der Waals surface area contributed by atoms with Crippen molar-refractivity contribution in [1.29, 1.82) is 0 Å². The van der Waals surface area contributed by atoms with E-state index in [1.54, 1.807) is 24.9 Å². The van der Waals surface area contributed by atoms with E-state index in [0.29, 0.717) is 11.4 Å². The van der Waals surface area contributed by atoms with Gasteiger partial charge in [0.1, 0.15) is 5.75 Å². The number of hydrogen-bond donors (Lipinski definition) is 0. The van der Waals surface area contributed by atoms with Gasteiger partial charge >= 0.3 is 5.69 Å². The van der Waals surface area contributed by atoms with Crippen molar-refractivity contribution in [2.75, 3.05) is 7.11 Å². The summed E-state index contributed by atoms with van der Waals surface area (Å²) in [5.41, 5.74) is 0.330. The SMILES string of the molecule is COc1ccc(Br)cc1-c1cn(C)c2nc(=O)n(C)c(=O)c-2n1. The van der Waals surface area contributed by atoms with Crippen LogP contribution in [-0.4, -0.2) is 26.2 Å². The van der Waals surface area contributed by atoms with Gasteiger partial charge in [-0.05, 0) is 18.2 Å². The number of methoxy groups -OCH3 is 1. The molecule has 1 aromatic rings. The summed E-state index contributed by atoms with van der Waals surface area (Å²) in [5, 5.41) is 0. The van der Waals surface area contributed by atoms with Gasteiger partial charge in [0.25, 0.3) is 5.56 Å². The fraction of sp³-hybridized carbons (Fsp3) is 0.200. The molecule has 0 saturated carbocycles. The Bertz CT molecular complexity index is 993. The normalized spacial score (nSPS) is 11.0. The fourth-order valence-electron chi connectivity index (χ4n) is 2.31. The number of aromatic nitrogens is 4. The molecule has 0 spiro atoms. The third kappa shape index (κ3) is 2.55.